The fourth-order valence-electron chi connectivity index (χ4n) is 5.77. The van der Waals surface area contributed by atoms with Gasteiger partial charge in [-0.3, -0.25) is 18.6 Å². The van der Waals surface area contributed by atoms with Crippen molar-refractivity contribution in [3.05, 3.63) is 72.9 Å². The second-order valence-electron chi connectivity index (χ2n) is 14.8. The van der Waals surface area contributed by atoms with Crippen molar-refractivity contribution < 1.29 is 42.7 Å². The van der Waals surface area contributed by atoms with Crippen LogP contribution in [0.4, 0.5) is 0 Å². The number of unbranched alkanes of at least 4 members (excludes halogenated alkanes) is 15. The third kappa shape index (κ3) is 41.6. The van der Waals surface area contributed by atoms with Crippen molar-refractivity contribution in [2.45, 2.75) is 187 Å². The molecule has 0 amide bonds. The summed E-state index contributed by atoms with van der Waals surface area (Å²) >= 11 is 0. The maximum absolute atomic E-state index is 12.6. The molecule has 0 aromatic heterocycles. The van der Waals surface area contributed by atoms with Gasteiger partial charge < -0.3 is 25.2 Å². The van der Waals surface area contributed by atoms with Crippen molar-refractivity contribution in [2.75, 3.05) is 26.4 Å². The van der Waals surface area contributed by atoms with E-state index in [1.54, 1.807) is 0 Å². The van der Waals surface area contributed by atoms with Gasteiger partial charge >= 0.3 is 19.8 Å². The molecule has 0 spiro atoms. The van der Waals surface area contributed by atoms with E-state index in [1.165, 1.54) is 57.8 Å². The highest BCUT2D eigenvalue weighted by Crippen LogP contribution is 2.43. The van der Waals surface area contributed by atoms with Crippen molar-refractivity contribution >= 4 is 19.8 Å². The van der Waals surface area contributed by atoms with Crippen molar-refractivity contribution in [2.24, 2.45) is 5.73 Å². The molecule has 0 saturated carbocycles. The number of ether oxygens (including phenoxy) is 2. The van der Waals surface area contributed by atoms with Crippen LogP contribution in [0.1, 0.15) is 174 Å². The van der Waals surface area contributed by atoms with E-state index in [2.05, 4.69) is 50.3 Å². The molecule has 10 nitrogen and oxygen atoms in total. The number of hydrogen-bond acceptors (Lipinski definition) is 9. The number of nitrogens with two attached hydrogens (primary N) is 1. The summed E-state index contributed by atoms with van der Waals surface area (Å²) in [5.41, 5.74) is 5.34. The maximum Gasteiger partial charge on any atom is 0.472 e. The molecule has 0 bridgehead atoms. The standard InChI is InChI=1S/C47H82NO9P/c1-3-5-7-8-9-10-11-12-13-14-15-16-17-18-21-24-27-30-34-38-46(50)54-42-45(43-56-58(52,53)55-41-40-48)57-47(51)39-35-31-28-25-22-19-20-23-26-29-33-37-44(49)36-32-6-4-2/h9-10,12-13,19-20,25-26,28-29,33,37,44-45,49H,3-8,11,14-18,21-24,27,30-32,34-36,38-43,48H2,1-2H3,(H,52,53)/b10-9-,13-12-,20-19-,28-25-,29-26-,37-33+/t44-,45+/m0/s1. The maximum atomic E-state index is 12.6. The molecule has 0 radical (unpaired) electrons. The third-order valence-corrected chi connectivity index (χ3v) is 10.2. The largest absolute Gasteiger partial charge is 0.472 e. The summed E-state index contributed by atoms with van der Waals surface area (Å²) in [7, 11) is -4.41. The van der Waals surface area contributed by atoms with Gasteiger partial charge in [-0.2, -0.15) is 0 Å². The molecule has 1 unspecified atom stereocenters. The molecule has 3 atom stereocenters. The summed E-state index contributed by atoms with van der Waals surface area (Å²) < 4.78 is 32.7. The highest BCUT2D eigenvalue weighted by molar-refractivity contribution is 7.47. The van der Waals surface area contributed by atoms with Crippen molar-refractivity contribution in [3.8, 4) is 0 Å². The Morgan fingerprint density at radius 3 is 1.74 bits per heavy atom. The van der Waals surface area contributed by atoms with Crippen LogP contribution >= 0.6 is 7.82 Å². The molecule has 0 aromatic rings. The van der Waals surface area contributed by atoms with Crippen LogP contribution in [0.25, 0.3) is 0 Å². The number of phosphoric acid groups is 1. The third-order valence-electron chi connectivity index (χ3n) is 9.17. The van der Waals surface area contributed by atoms with E-state index in [0.29, 0.717) is 19.3 Å². The lowest BCUT2D eigenvalue weighted by atomic mass is 10.1. The minimum Gasteiger partial charge on any atom is -0.462 e. The van der Waals surface area contributed by atoms with Gasteiger partial charge in [-0.15, -0.1) is 0 Å². The zero-order valence-electron chi connectivity index (χ0n) is 36.4. The van der Waals surface area contributed by atoms with E-state index in [4.69, 9.17) is 24.3 Å². The fourth-order valence-corrected chi connectivity index (χ4v) is 6.53. The summed E-state index contributed by atoms with van der Waals surface area (Å²) in [5, 5.41) is 9.90. The first kappa shape index (κ1) is 55.4. The SMILES string of the molecule is CCCCC/C=C\C/C=C\CCCCCCCCCCCC(=O)OC[C@H](COP(=O)(O)OCCN)OC(=O)CCC/C=C\C/C=C\C/C=C\C=C\[C@@H](O)CCCCC. The van der Waals surface area contributed by atoms with Gasteiger partial charge in [0.1, 0.15) is 6.61 Å². The molecule has 0 aliphatic heterocycles. The lowest BCUT2D eigenvalue weighted by Crippen LogP contribution is -2.29. The smallest absolute Gasteiger partial charge is 0.462 e. The van der Waals surface area contributed by atoms with Gasteiger partial charge in [0.2, 0.25) is 0 Å². The lowest BCUT2D eigenvalue weighted by Gasteiger charge is -2.19. The van der Waals surface area contributed by atoms with Gasteiger partial charge in [0.15, 0.2) is 6.10 Å². The molecular formula is C47H82NO9P. The molecule has 0 aliphatic carbocycles. The number of aliphatic hydroxyl groups excluding tert-OH is 1. The molecule has 4 N–H and O–H groups in total. The normalized spacial score (nSPS) is 14.5. The van der Waals surface area contributed by atoms with Gasteiger partial charge in [-0.25, -0.2) is 4.57 Å². The van der Waals surface area contributed by atoms with Gasteiger partial charge in [0, 0.05) is 19.4 Å². The fraction of sp³-hybridized carbons (Fsp3) is 0.702. The summed E-state index contributed by atoms with van der Waals surface area (Å²) in [6.45, 7) is 3.49. The van der Waals surface area contributed by atoms with Crippen LogP contribution in [-0.4, -0.2) is 60.5 Å². The molecule has 0 saturated heterocycles. The molecule has 0 aromatic carbocycles. The van der Waals surface area contributed by atoms with Crippen LogP contribution in [0.3, 0.4) is 0 Å². The zero-order chi connectivity index (χ0) is 42.6. The van der Waals surface area contributed by atoms with Gasteiger partial charge in [-0.05, 0) is 70.6 Å². The van der Waals surface area contributed by atoms with E-state index >= 15 is 0 Å². The summed E-state index contributed by atoms with van der Waals surface area (Å²) in [5.74, 6) is -0.930. The number of hydrogen-bond donors (Lipinski definition) is 3. The van der Waals surface area contributed by atoms with Crippen LogP contribution in [-0.2, 0) is 32.7 Å². The molecule has 0 heterocycles. The van der Waals surface area contributed by atoms with E-state index in [-0.39, 0.29) is 38.7 Å². The van der Waals surface area contributed by atoms with Gasteiger partial charge in [-0.1, -0.05) is 164 Å². The number of esters is 2. The highest BCUT2D eigenvalue weighted by atomic mass is 31.2. The first-order valence-electron chi connectivity index (χ1n) is 22.5. The van der Waals surface area contributed by atoms with Gasteiger partial charge in [0.25, 0.3) is 0 Å². The average molecular weight is 836 g/mol. The molecule has 0 fully saturated rings. The molecular weight excluding hydrogens is 753 g/mol. The van der Waals surface area contributed by atoms with Crippen LogP contribution < -0.4 is 5.73 Å². The Balaban J connectivity index is 4.27. The van der Waals surface area contributed by atoms with E-state index in [0.717, 1.165) is 70.6 Å². The Bertz CT molecular complexity index is 1200. The zero-order valence-corrected chi connectivity index (χ0v) is 37.3. The van der Waals surface area contributed by atoms with Crippen LogP contribution in [0, 0.1) is 0 Å². The van der Waals surface area contributed by atoms with E-state index < -0.39 is 32.5 Å². The predicted octanol–water partition coefficient (Wildman–Crippen LogP) is 12.0. The first-order chi connectivity index (χ1) is 28.2. The quantitative estimate of drug-likeness (QED) is 0.0178. The first-order valence-corrected chi connectivity index (χ1v) is 24.0. The molecule has 58 heavy (non-hydrogen) atoms. The predicted molar refractivity (Wildman–Crippen MR) is 239 cm³/mol. The second kappa shape index (κ2) is 42.5. The number of carbonyl (C=O) groups is 2. The number of phosphoric ester groups is 1. The number of carbonyl (C=O) groups excluding carboxylic acids is 2. The Labute approximate surface area is 353 Å². The molecule has 0 rings (SSSR count). The molecule has 11 heteroatoms. The van der Waals surface area contributed by atoms with Crippen LogP contribution in [0.15, 0.2) is 72.9 Å². The van der Waals surface area contributed by atoms with Crippen molar-refractivity contribution in [1.82, 2.24) is 0 Å². The minimum absolute atomic E-state index is 0.0333. The minimum atomic E-state index is -4.41. The molecule has 334 valence electrons. The highest BCUT2D eigenvalue weighted by Gasteiger charge is 2.26. The summed E-state index contributed by atoms with van der Waals surface area (Å²) in [4.78, 5) is 34.9. The topological polar surface area (TPSA) is 155 Å². The van der Waals surface area contributed by atoms with Gasteiger partial charge in [0.05, 0.1) is 19.3 Å². The summed E-state index contributed by atoms with van der Waals surface area (Å²) in [6, 6.07) is 0. The van der Waals surface area contributed by atoms with Crippen molar-refractivity contribution in [1.29, 1.82) is 0 Å². The average Bonchev–Trinajstić information content (AvgIpc) is 3.20. The Morgan fingerprint density at radius 1 is 0.603 bits per heavy atom. The van der Waals surface area contributed by atoms with Crippen molar-refractivity contribution in [3.63, 3.8) is 0 Å². The molecule has 0 aliphatic rings. The summed E-state index contributed by atoms with van der Waals surface area (Å²) in [6.07, 6.45) is 48.3. The number of allylic oxidation sites excluding steroid dienone is 11. The Morgan fingerprint density at radius 2 is 1.12 bits per heavy atom. The number of aliphatic hydroxyl groups is 1. The van der Waals surface area contributed by atoms with Crippen LogP contribution in [0.2, 0.25) is 0 Å². The lowest BCUT2D eigenvalue weighted by molar-refractivity contribution is -0.161. The Kier molecular flexibility index (Phi) is 40.6. The van der Waals surface area contributed by atoms with Crippen LogP contribution in [0.5, 0.6) is 0 Å². The second-order valence-corrected chi connectivity index (χ2v) is 16.2. The van der Waals surface area contributed by atoms with E-state index in [1.807, 2.05) is 36.5 Å². The Hall–Kier alpha value is -2.59. The van der Waals surface area contributed by atoms with E-state index in [9.17, 15) is 24.2 Å². The monoisotopic (exact) mass is 836 g/mol. The number of rotatable bonds is 41.